The van der Waals surface area contributed by atoms with Gasteiger partial charge in [-0.3, -0.25) is 9.59 Å². The third-order valence-electron chi connectivity index (χ3n) is 5.03. The van der Waals surface area contributed by atoms with Gasteiger partial charge in [0.2, 0.25) is 0 Å². The molecule has 0 saturated carbocycles. The summed E-state index contributed by atoms with van der Waals surface area (Å²) in [5, 5.41) is 20.7. The summed E-state index contributed by atoms with van der Waals surface area (Å²) in [7, 11) is 3.75. The maximum atomic E-state index is 12.9. The van der Waals surface area contributed by atoms with Gasteiger partial charge in [0.1, 0.15) is 23.9 Å². The first-order valence-corrected chi connectivity index (χ1v) is 9.89. The minimum atomic E-state index is -0.753. The van der Waals surface area contributed by atoms with E-state index in [1.54, 1.807) is 42.5 Å². The van der Waals surface area contributed by atoms with Crippen LogP contribution in [0.25, 0.3) is 5.76 Å². The number of ketones is 1. The van der Waals surface area contributed by atoms with Gasteiger partial charge in [0, 0.05) is 18.7 Å². The number of carbonyl (C=O) groups excluding carboxylic acids is 2. The molecule has 0 aliphatic carbocycles. The highest BCUT2D eigenvalue weighted by molar-refractivity contribution is 6.46. The van der Waals surface area contributed by atoms with Gasteiger partial charge in [-0.25, -0.2) is 0 Å². The van der Waals surface area contributed by atoms with Crippen molar-refractivity contribution in [2.24, 2.45) is 0 Å². The van der Waals surface area contributed by atoms with E-state index in [1.807, 2.05) is 19.0 Å². The van der Waals surface area contributed by atoms with E-state index in [2.05, 4.69) is 6.58 Å². The minimum absolute atomic E-state index is 0.0224. The Kier molecular flexibility index (Phi) is 6.77. The highest BCUT2D eigenvalue weighted by Gasteiger charge is 2.45. The molecule has 31 heavy (non-hydrogen) atoms. The molecule has 2 N–H and O–H groups in total. The van der Waals surface area contributed by atoms with Gasteiger partial charge in [0.05, 0.1) is 11.6 Å². The summed E-state index contributed by atoms with van der Waals surface area (Å²) >= 11 is 0. The van der Waals surface area contributed by atoms with Gasteiger partial charge in [-0.05, 0) is 56.1 Å². The zero-order valence-electron chi connectivity index (χ0n) is 17.6. The molecular formula is C24H26N2O5. The third-order valence-corrected chi connectivity index (χ3v) is 5.03. The second-order valence-electron chi connectivity index (χ2n) is 7.51. The fourth-order valence-corrected chi connectivity index (χ4v) is 3.44. The van der Waals surface area contributed by atoms with Crippen molar-refractivity contribution in [1.29, 1.82) is 0 Å². The number of rotatable bonds is 8. The van der Waals surface area contributed by atoms with Crippen molar-refractivity contribution in [2.75, 3.05) is 33.8 Å². The number of aliphatic hydroxyl groups is 1. The third kappa shape index (κ3) is 4.78. The predicted octanol–water partition coefficient (Wildman–Crippen LogP) is 2.94. The number of likely N-dealkylation sites (tertiary alicyclic amines) is 1. The topological polar surface area (TPSA) is 90.3 Å². The predicted molar refractivity (Wildman–Crippen MR) is 118 cm³/mol. The molecule has 0 aromatic heterocycles. The fourth-order valence-electron chi connectivity index (χ4n) is 3.44. The number of aliphatic hydroxyl groups excluding tert-OH is 1. The molecule has 1 aliphatic heterocycles. The number of amides is 1. The van der Waals surface area contributed by atoms with Crippen molar-refractivity contribution in [1.82, 2.24) is 9.80 Å². The van der Waals surface area contributed by atoms with Gasteiger partial charge in [-0.15, -0.1) is 0 Å². The molecule has 0 unspecified atom stereocenters. The first-order valence-electron chi connectivity index (χ1n) is 9.89. The standard InChI is InChI=1S/C24H26N2O5/c1-4-15-31-19-11-7-17(8-12-19)22(28)20-21(16-5-9-18(27)10-6-16)26(14-13-25(2)3)24(30)23(20)29/h4-12,21,27-28H,1,13-15H2,2-3H3/t21-/m0/s1. The van der Waals surface area contributed by atoms with Crippen LogP contribution in [-0.4, -0.2) is 65.5 Å². The maximum absolute atomic E-state index is 12.9. The largest absolute Gasteiger partial charge is 0.508 e. The minimum Gasteiger partial charge on any atom is -0.508 e. The molecular weight excluding hydrogens is 396 g/mol. The number of phenolic OH excluding ortho intramolecular Hbond substituents is 1. The van der Waals surface area contributed by atoms with Crippen LogP contribution in [0.4, 0.5) is 0 Å². The molecule has 1 aliphatic rings. The number of benzene rings is 2. The van der Waals surface area contributed by atoms with Crippen LogP contribution in [0.2, 0.25) is 0 Å². The lowest BCUT2D eigenvalue weighted by Crippen LogP contribution is -2.35. The number of aromatic hydroxyl groups is 1. The lowest BCUT2D eigenvalue weighted by molar-refractivity contribution is -0.140. The van der Waals surface area contributed by atoms with E-state index in [9.17, 15) is 19.8 Å². The summed E-state index contributed by atoms with van der Waals surface area (Å²) in [6.45, 7) is 4.82. The van der Waals surface area contributed by atoms with Crippen LogP contribution in [0.3, 0.4) is 0 Å². The van der Waals surface area contributed by atoms with Crippen LogP contribution in [0.15, 0.2) is 66.8 Å². The van der Waals surface area contributed by atoms with E-state index >= 15 is 0 Å². The average Bonchev–Trinajstić information content (AvgIpc) is 3.01. The van der Waals surface area contributed by atoms with Gasteiger partial charge in [-0.1, -0.05) is 24.8 Å². The Labute approximate surface area is 181 Å². The Morgan fingerprint density at radius 2 is 1.77 bits per heavy atom. The van der Waals surface area contributed by atoms with Gasteiger partial charge in [-0.2, -0.15) is 0 Å². The molecule has 162 valence electrons. The van der Waals surface area contributed by atoms with E-state index < -0.39 is 17.7 Å². The van der Waals surface area contributed by atoms with Gasteiger partial charge in [0.25, 0.3) is 11.7 Å². The summed E-state index contributed by atoms with van der Waals surface area (Å²) in [5.41, 5.74) is 1.05. The Bertz CT molecular complexity index is 994. The number of ether oxygens (including phenoxy) is 1. The van der Waals surface area contributed by atoms with E-state index in [0.717, 1.165) is 0 Å². The van der Waals surface area contributed by atoms with Crippen molar-refractivity contribution in [3.63, 3.8) is 0 Å². The highest BCUT2D eigenvalue weighted by Crippen LogP contribution is 2.39. The normalized spacial score (nSPS) is 17.9. The van der Waals surface area contributed by atoms with E-state index in [1.165, 1.54) is 17.0 Å². The zero-order valence-corrected chi connectivity index (χ0v) is 17.6. The van der Waals surface area contributed by atoms with E-state index in [-0.39, 0.29) is 17.1 Å². The molecule has 1 saturated heterocycles. The molecule has 1 fully saturated rings. The quantitative estimate of drug-likeness (QED) is 0.294. The van der Waals surface area contributed by atoms with Crippen LogP contribution in [-0.2, 0) is 9.59 Å². The molecule has 0 bridgehead atoms. The monoisotopic (exact) mass is 422 g/mol. The number of phenols is 1. The first-order chi connectivity index (χ1) is 14.8. The lowest BCUT2D eigenvalue weighted by atomic mass is 9.95. The number of likely N-dealkylation sites (N-methyl/N-ethyl adjacent to an activating group) is 1. The Balaban J connectivity index is 2.05. The smallest absolute Gasteiger partial charge is 0.295 e. The Morgan fingerprint density at radius 3 is 2.35 bits per heavy atom. The molecule has 2 aromatic rings. The SMILES string of the molecule is C=CCOc1ccc(C(O)=C2C(=O)C(=O)N(CCN(C)C)[C@H]2c2ccc(O)cc2)cc1. The van der Waals surface area contributed by atoms with Crippen LogP contribution in [0, 0.1) is 0 Å². The van der Waals surface area contributed by atoms with Crippen molar-refractivity contribution < 1.29 is 24.5 Å². The number of carbonyl (C=O) groups is 2. The molecule has 0 radical (unpaired) electrons. The Morgan fingerprint density at radius 1 is 1.13 bits per heavy atom. The van der Waals surface area contributed by atoms with Gasteiger partial charge >= 0.3 is 0 Å². The van der Waals surface area contributed by atoms with E-state index in [4.69, 9.17) is 4.74 Å². The first kappa shape index (κ1) is 22.1. The molecule has 7 nitrogen and oxygen atoms in total. The van der Waals surface area contributed by atoms with E-state index in [0.29, 0.717) is 36.6 Å². The van der Waals surface area contributed by atoms with Crippen LogP contribution in [0.5, 0.6) is 11.5 Å². The molecule has 0 spiro atoms. The lowest BCUT2D eigenvalue weighted by Gasteiger charge is -2.26. The summed E-state index contributed by atoms with van der Waals surface area (Å²) in [6.07, 6.45) is 1.63. The van der Waals surface area contributed by atoms with Crippen molar-refractivity contribution in [3.8, 4) is 11.5 Å². The summed E-state index contributed by atoms with van der Waals surface area (Å²) in [6, 6.07) is 12.1. The molecule has 1 atom stereocenters. The summed E-state index contributed by atoms with van der Waals surface area (Å²) < 4.78 is 5.45. The number of nitrogens with zero attached hydrogens (tertiary/aromatic N) is 2. The van der Waals surface area contributed by atoms with Gasteiger partial charge in [0.15, 0.2) is 0 Å². The summed E-state index contributed by atoms with van der Waals surface area (Å²) in [5.74, 6) is -0.977. The van der Waals surface area contributed by atoms with Crippen LogP contribution >= 0.6 is 0 Å². The molecule has 3 rings (SSSR count). The van der Waals surface area contributed by atoms with Crippen LogP contribution in [0.1, 0.15) is 17.2 Å². The maximum Gasteiger partial charge on any atom is 0.295 e. The molecule has 7 heteroatoms. The number of Topliss-reactive ketones (excluding diaryl/α,β-unsaturated/α-hetero) is 1. The molecule has 2 aromatic carbocycles. The van der Waals surface area contributed by atoms with Crippen molar-refractivity contribution in [3.05, 3.63) is 77.9 Å². The Hall–Kier alpha value is -3.58. The van der Waals surface area contributed by atoms with Crippen LogP contribution < -0.4 is 4.74 Å². The summed E-state index contributed by atoms with van der Waals surface area (Å²) in [4.78, 5) is 29.1. The van der Waals surface area contributed by atoms with Crippen molar-refractivity contribution in [2.45, 2.75) is 6.04 Å². The fraction of sp³-hybridized carbons (Fsp3) is 0.250. The molecule has 1 amide bonds. The second kappa shape index (κ2) is 9.49. The number of hydrogen-bond donors (Lipinski definition) is 2. The second-order valence-corrected chi connectivity index (χ2v) is 7.51. The van der Waals surface area contributed by atoms with Crippen molar-refractivity contribution >= 4 is 17.4 Å². The number of hydrogen-bond acceptors (Lipinski definition) is 6. The average molecular weight is 422 g/mol. The van der Waals surface area contributed by atoms with Gasteiger partial charge < -0.3 is 24.7 Å². The zero-order chi connectivity index (χ0) is 22.5. The highest BCUT2D eigenvalue weighted by atomic mass is 16.5. The molecule has 1 heterocycles.